The smallest absolute Gasteiger partial charge is 0.416 e. The van der Waals surface area contributed by atoms with Gasteiger partial charge in [0.15, 0.2) is 5.69 Å². The van der Waals surface area contributed by atoms with Gasteiger partial charge in [-0.15, -0.1) is 0 Å². The molecule has 1 aromatic carbocycles. The summed E-state index contributed by atoms with van der Waals surface area (Å²) < 4.78 is 43.0. The van der Waals surface area contributed by atoms with E-state index in [0.717, 1.165) is 29.9 Å². The van der Waals surface area contributed by atoms with Gasteiger partial charge >= 0.3 is 12.1 Å². The molecule has 3 rings (SSSR count). The van der Waals surface area contributed by atoms with E-state index in [9.17, 15) is 22.8 Å². The molecule has 10 heteroatoms. The molecular formula is C18H19F3N4O3. The molecule has 0 saturated heterocycles. The Hall–Kier alpha value is -2.88. The quantitative estimate of drug-likeness (QED) is 0.673. The van der Waals surface area contributed by atoms with Crippen LogP contribution in [0, 0.1) is 0 Å². The molecule has 7 nitrogen and oxygen atoms in total. The molecule has 28 heavy (non-hydrogen) atoms. The number of benzene rings is 1. The third kappa shape index (κ3) is 4.33. The van der Waals surface area contributed by atoms with E-state index in [0.29, 0.717) is 18.5 Å². The Balaban J connectivity index is 1.83. The first-order chi connectivity index (χ1) is 13.3. The molecular weight excluding hydrogens is 377 g/mol. The third-order valence-electron chi connectivity index (χ3n) is 4.57. The monoisotopic (exact) mass is 396 g/mol. The van der Waals surface area contributed by atoms with Gasteiger partial charge in [-0.3, -0.25) is 14.7 Å². The zero-order valence-corrected chi connectivity index (χ0v) is 15.0. The van der Waals surface area contributed by atoms with Crippen molar-refractivity contribution in [3.05, 3.63) is 52.3 Å². The maximum absolute atomic E-state index is 12.8. The number of methoxy groups -OCH3 is 1. The number of ether oxygens (including phenoxy) is 1. The maximum atomic E-state index is 12.8. The highest BCUT2D eigenvalue weighted by Gasteiger charge is 2.31. The van der Waals surface area contributed by atoms with E-state index in [2.05, 4.69) is 25.6 Å². The summed E-state index contributed by atoms with van der Waals surface area (Å²) in [7, 11) is 1.20. The van der Waals surface area contributed by atoms with E-state index < -0.39 is 29.7 Å². The van der Waals surface area contributed by atoms with Crippen LogP contribution in [0.3, 0.4) is 0 Å². The van der Waals surface area contributed by atoms with Crippen molar-refractivity contribution >= 4 is 11.9 Å². The number of H-pyrrole nitrogens is 1. The van der Waals surface area contributed by atoms with E-state index in [-0.39, 0.29) is 12.1 Å². The van der Waals surface area contributed by atoms with Crippen molar-refractivity contribution in [3.63, 3.8) is 0 Å². The Morgan fingerprint density at radius 2 is 2.00 bits per heavy atom. The van der Waals surface area contributed by atoms with Crippen LogP contribution in [0.2, 0.25) is 0 Å². The first-order valence-electron chi connectivity index (χ1n) is 8.61. The summed E-state index contributed by atoms with van der Waals surface area (Å²) >= 11 is 0. The minimum Gasteiger partial charge on any atom is -0.469 e. The molecule has 0 saturated carbocycles. The number of hydrogen-bond acceptors (Lipinski definition) is 5. The van der Waals surface area contributed by atoms with Gasteiger partial charge in [0.1, 0.15) is 0 Å². The number of alkyl halides is 3. The van der Waals surface area contributed by atoms with E-state index in [1.165, 1.54) is 19.2 Å². The van der Waals surface area contributed by atoms with Crippen LogP contribution in [0.4, 0.5) is 13.2 Å². The van der Waals surface area contributed by atoms with Crippen molar-refractivity contribution in [3.8, 4) is 0 Å². The van der Waals surface area contributed by atoms with Gasteiger partial charge in [0.25, 0.3) is 5.91 Å². The first kappa shape index (κ1) is 19.9. The zero-order valence-electron chi connectivity index (χ0n) is 15.0. The lowest BCUT2D eigenvalue weighted by Crippen LogP contribution is -2.32. The molecule has 2 aromatic rings. The van der Waals surface area contributed by atoms with Crippen LogP contribution in [-0.4, -0.2) is 35.7 Å². The lowest BCUT2D eigenvalue weighted by molar-refractivity contribution is -0.141. The number of nitrogens with zero attached hydrogens (tertiary/aromatic N) is 1. The SMILES string of the molecule is COC(=O)CC(NC(=O)c1n[nH]c2c1CNCC2)c1ccc(C(F)(F)F)cc1. The molecule has 1 aromatic heterocycles. The number of esters is 1. The molecule has 0 aliphatic carbocycles. The highest BCUT2D eigenvalue weighted by atomic mass is 19.4. The minimum absolute atomic E-state index is 0.198. The number of aromatic amines is 1. The van der Waals surface area contributed by atoms with Crippen molar-refractivity contribution in [1.82, 2.24) is 20.8 Å². The molecule has 0 fully saturated rings. The third-order valence-corrected chi connectivity index (χ3v) is 4.57. The lowest BCUT2D eigenvalue weighted by atomic mass is 10.0. The molecule has 1 unspecified atom stereocenters. The fraction of sp³-hybridized carbons (Fsp3) is 0.389. The van der Waals surface area contributed by atoms with Gasteiger partial charge in [-0.1, -0.05) is 12.1 Å². The molecule has 150 valence electrons. The van der Waals surface area contributed by atoms with Crippen LogP contribution in [0.5, 0.6) is 0 Å². The molecule has 0 spiro atoms. The molecule has 3 N–H and O–H groups in total. The normalized spacial score (nSPS) is 14.9. The summed E-state index contributed by atoms with van der Waals surface area (Å²) in [6, 6.07) is 3.43. The number of carbonyl (C=O) groups excluding carboxylic acids is 2. The second-order valence-electron chi connectivity index (χ2n) is 6.38. The number of nitrogens with one attached hydrogen (secondary N) is 3. The number of rotatable bonds is 5. The van der Waals surface area contributed by atoms with Crippen LogP contribution in [0.25, 0.3) is 0 Å². The average molecular weight is 396 g/mol. The van der Waals surface area contributed by atoms with Crippen LogP contribution < -0.4 is 10.6 Å². The van der Waals surface area contributed by atoms with Gasteiger partial charge in [0.05, 0.1) is 25.1 Å². The molecule has 0 bridgehead atoms. The van der Waals surface area contributed by atoms with Crippen molar-refractivity contribution in [1.29, 1.82) is 0 Å². The van der Waals surface area contributed by atoms with Gasteiger partial charge in [0, 0.05) is 30.8 Å². The van der Waals surface area contributed by atoms with Crippen molar-refractivity contribution in [2.24, 2.45) is 0 Å². The Morgan fingerprint density at radius 3 is 2.64 bits per heavy atom. The molecule has 2 heterocycles. The van der Waals surface area contributed by atoms with E-state index in [1.54, 1.807) is 0 Å². The minimum atomic E-state index is -4.47. The average Bonchev–Trinajstić information content (AvgIpc) is 3.11. The second-order valence-corrected chi connectivity index (χ2v) is 6.38. The summed E-state index contributed by atoms with van der Waals surface area (Å²) in [5.41, 5.74) is 1.35. The lowest BCUT2D eigenvalue weighted by Gasteiger charge is -2.19. The van der Waals surface area contributed by atoms with Crippen molar-refractivity contribution in [2.75, 3.05) is 13.7 Å². The zero-order chi connectivity index (χ0) is 20.3. The molecule has 0 radical (unpaired) electrons. The van der Waals surface area contributed by atoms with E-state index >= 15 is 0 Å². The maximum Gasteiger partial charge on any atom is 0.416 e. The van der Waals surface area contributed by atoms with Crippen molar-refractivity contribution < 1.29 is 27.5 Å². The molecule has 1 atom stereocenters. The number of aromatic nitrogens is 2. The first-order valence-corrected chi connectivity index (χ1v) is 8.61. The van der Waals surface area contributed by atoms with Gasteiger partial charge < -0.3 is 15.4 Å². The summed E-state index contributed by atoms with van der Waals surface area (Å²) in [4.78, 5) is 24.4. The van der Waals surface area contributed by atoms with Gasteiger partial charge in [-0.25, -0.2) is 0 Å². The van der Waals surface area contributed by atoms with Gasteiger partial charge in [-0.05, 0) is 17.7 Å². The summed E-state index contributed by atoms with van der Waals surface area (Å²) in [6.45, 7) is 1.25. The molecule has 1 aliphatic heterocycles. The predicted octanol–water partition coefficient (Wildman–Crippen LogP) is 2.11. The summed E-state index contributed by atoms with van der Waals surface area (Å²) in [6.07, 6.45) is -3.99. The van der Waals surface area contributed by atoms with Crippen molar-refractivity contribution in [2.45, 2.75) is 31.6 Å². The number of hydrogen-bond donors (Lipinski definition) is 3. The van der Waals surface area contributed by atoms with Crippen LogP contribution >= 0.6 is 0 Å². The topological polar surface area (TPSA) is 96.1 Å². The Kier molecular flexibility index (Phi) is 5.68. The highest BCUT2D eigenvalue weighted by molar-refractivity contribution is 5.94. The van der Waals surface area contributed by atoms with Crippen LogP contribution in [-0.2, 0) is 28.7 Å². The molecule has 1 aliphatic rings. The van der Waals surface area contributed by atoms with Gasteiger partial charge in [0.2, 0.25) is 0 Å². The summed E-state index contributed by atoms with van der Waals surface area (Å²) in [5, 5.41) is 12.7. The van der Waals surface area contributed by atoms with E-state index in [1.807, 2.05) is 0 Å². The number of halogens is 3. The standard InChI is InChI=1S/C18H19F3N4O3/c1-28-15(26)8-14(10-2-4-11(5-3-10)18(19,20)21)23-17(27)16-12-9-22-7-6-13(12)24-25-16/h2-5,14,22H,6-9H2,1H3,(H,23,27)(H,24,25). The summed E-state index contributed by atoms with van der Waals surface area (Å²) in [5.74, 6) is -1.12. The number of amides is 1. The van der Waals surface area contributed by atoms with Crippen LogP contribution in [0.1, 0.15) is 45.3 Å². The fourth-order valence-corrected chi connectivity index (χ4v) is 3.05. The highest BCUT2D eigenvalue weighted by Crippen LogP contribution is 2.30. The Labute approximate surface area is 158 Å². The fourth-order valence-electron chi connectivity index (χ4n) is 3.05. The Morgan fingerprint density at radius 1 is 1.29 bits per heavy atom. The predicted molar refractivity (Wildman–Crippen MR) is 92.3 cm³/mol. The Bertz CT molecular complexity index is 862. The number of fused-ring (bicyclic) bond motifs is 1. The van der Waals surface area contributed by atoms with Crippen LogP contribution in [0.15, 0.2) is 24.3 Å². The second kappa shape index (κ2) is 8.01. The number of carbonyl (C=O) groups is 2. The molecule has 1 amide bonds. The largest absolute Gasteiger partial charge is 0.469 e. The van der Waals surface area contributed by atoms with Gasteiger partial charge in [-0.2, -0.15) is 18.3 Å². The van der Waals surface area contributed by atoms with E-state index in [4.69, 9.17) is 0 Å².